The number of carbonyl (C=O) groups is 1. The molecule has 0 fully saturated rings. The van der Waals surface area contributed by atoms with E-state index in [1.807, 2.05) is 0 Å². The molecule has 0 aliphatic heterocycles. The Hall–Kier alpha value is -2.70. The highest BCUT2D eigenvalue weighted by atomic mass is 35.5. The molecule has 3 rings (SSSR count). The number of anilines is 2. The van der Waals surface area contributed by atoms with E-state index in [4.69, 9.17) is 44.3 Å². The molecule has 1 amide bonds. The van der Waals surface area contributed by atoms with Gasteiger partial charge in [-0.05, 0) is 48.5 Å². The summed E-state index contributed by atoms with van der Waals surface area (Å²) in [7, 11) is -2.98. The minimum atomic E-state index is -4.64. The highest BCUT2D eigenvalue weighted by Gasteiger charge is 2.32. The molecule has 3 aromatic rings. The number of halogens is 6. The predicted molar refractivity (Wildman–Crippen MR) is 140 cm³/mol. The van der Waals surface area contributed by atoms with Crippen molar-refractivity contribution in [1.82, 2.24) is 0 Å². The summed E-state index contributed by atoms with van der Waals surface area (Å²) in [6.45, 7) is -0.558. The van der Waals surface area contributed by atoms with Crippen LogP contribution in [-0.4, -0.2) is 41.2 Å². The Kier molecular flexibility index (Phi) is 9.77. The highest BCUT2D eigenvalue weighted by molar-refractivity contribution is 7.92. The van der Waals surface area contributed by atoms with Crippen molar-refractivity contribution in [3.8, 4) is 5.75 Å². The molecular weight excluding hydrogens is 592 g/mol. The Morgan fingerprint density at radius 1 is 0.974 bits per heavy atom. The maximum atomic E-state index is 13.6. The Morgan fingerprint density at radius 3 is 2.29 bits per heavy atom. The quantitative estimate of drug-likeness (QED) is 0.264. The van der Waals surface area contributed by atoms with Crippen LogP contribution >= 0.6 is 34.8 Å². The van der Waals surface area contributed by atoms with Crippen molar-refractivity contribution >= 4 is 62.1 Å². The zero-order valence-electron chi connectivity index (χ0n) is 19.6. The third kappa shape index (κ3) is 7.45. The normalized spacial score (nSPS) is 11.8. The van der Waals surface area contributed by atoms with Gasteiger partial charge in [0.2, 0.25) is 5.91 Å². The third-order valence-electron chi connectivity index (χ3n) is 4.98. The van der Waals surface area contributed by atoms with Gasteiger partial charge in [-0.25, -0.2) is 8.42 Å². The molecule has 0 aromatic heterocycles. The van der Waals surface area contributed by atoms with Crippen LogP contribution in [0.5, 0.6) is 5.75 Å². The summed E-state index contributed by atoms with van der Waals surface area (Å²) in [5, 5.41) is 2.52. The number of ether oxygens (including phenoxy) is 2. The van der Waals surface area contributed by atoms with E-state index < -0.39 is 34.2 Å². The number of methoxy groups -OCH3 is 1. The predicted octanol–water partition coefficient (Wildman–Crippen LogP) is 6.52. The molecule has 204 valence electrons. The van der Waals surface area contributed by atoms with Crippen LogP contribution in [0, 0.1) is 0 Å². The van der Waals surface area contributed by atoms with E-state index in [0.29, 0.717) is 4.31 Å². The second kappa shape index (κ2) is 12.4. The summed E-state index contributed by atoms with van der Waals surface area (Å²) in [5.74, 6) is -0.868. The number of carbonyl (C=O) groups excluding carboxylic acids is 1. The lowest BCUT2D eigenvalue weighted by Crippen LogP contribution is -2.38. The fraction of sp³-hybridized carbons (Fsp3) is 0.208. The van der Waals surface area contributed by atoms with Crippen LogP contribution in [0.3, 0.4) is 0 Å². The summed E-state index contributed by atoms with van der Waals surface area (Å²) in [5.41, 5.74) is -1.32. The minimum Gasteiger partial charge on any atom is -0.490 e. The van der Waals surface area contributed by atoms with Crippen LogP contribution in [0.15, 0.2) is 65.6 Å². The molecule has 1 N–H and O–H groups in total. The molecule has 0 radical (unpaired) electrons. The number of amides is 1. The van der Waals surface area contributed by atoms with Gasteiger partial charge in [0.25, 0.3) is 10.0 Å². The van der Waals surface area contributed by atoms with Gasteiger partial charge < -0.3 is 14.8 Å². The SMILES string of the molecule is COCCOc1cc(N(CC(=O)Nc2cccc(C(F)(F)F)c2)S(=O)(=O)c2ccc(Cl)cc2)c(Cl)cc1Cl. The molecule has 3 aromatic carbocycles. The summed E-state index contributed by atoms with van der Waals surface area (Å²) in [4.78, 5) is 12.7. The molecule has 0 atom stereocenters. The maximum absolute atomic E-state index is 13.6. The monoisotopic (exact) mass is 610 g/mol. The van der Waals surface area contributed by atoms with Crippen molar-refractivity contribution in [1.29, 1.82) is 0 Å². The van der Waals surface area contributed by atoms with Gasteiger partial charge >= 0.3 is 6.18 Å². The van der Waals surface area contributed by atoms with Crippen LogP contribution in [-0.2, 0) is 25.7 Å². The van der Waals surface area contributed by atoms with Crippen molar-refractivity contribution in [2.45, 2.75) is 11.1 Å². The van der Waals surface area contributed by atoms with Crippen LogP contribution in [0.4, 0.5) is 24.5 Å². The van der Waals surface area contributed by atoms with Gasteiger partial charge in [-0.1, -0.05) is 40.9 Å². The van der Waals surface area contributed by atoms with Crippen molar-refractivity contribution in [3.05, 3.63) is 81.3 Å². The summed E-state index contributed by atoms with van der Waals surface area (Å²) in [6.07, 6.45) is -4.64. The average molecular weight is 612 g/mol. The number of benzene rings is 3. The smallest absolute Gasteiger partial charge is 0.416 e. The van der Waals surface area contributed by atoms with Gasteiger partial charge in [-0.2, -0.15) is 13.2 Å². The van der Waals surface area contributed by atoms with Crippen LogP contribution < -0.4 is 14.4 Å². The fourth-order valence-electron chi connectivity index (χ4n) is 3.19. The molecule has 0 aliphatic carbocycles. The van der Waals surface area contributed by atoms with Crippen molar-refractivity contribution in [2.75, 3.05) is 36.5 Å². The molecule has 0 heterocycles. The Labute approximate surface area is 232 Å². The number of sulfonamides is 1. The standard InChI is InChI=1S/C24H20Cl3F3N2O5S/c1-36-9-10-37-22-13-21(19(26)12-20(22)27)32(38(34,35)18-7-5-16(25)6-8-18)14-23(33)31-17-4-2-3-15(11-17)24(28,29)30/h2-8,11-13H,9-10,14H2,1H3,(H,31,33). The summed E-state index contributed by atoms with van der Waals surface area (Å²) in [6, 6.07) is 11.6. The molecule has 38 heavy (non-hydrogen) atoms. The summed E-state index contributed by atoms with van der Waals surface area (Å²) >= 11 is 18.4. The highest BCUT2D eigenvalue weighted by Crippen LogP contribution is 2.39. The van der Waals surface area contributed by atoms with Crippen molar-refractivity contribution < 1.29 is 35.9 Å². The molecule has 14 heteroatoms. The van der Waals surface area contributed by atoms with E-state index in [1.54, 1.807) is 0 Å². The van der Waals surface area contributed by atoms with Gasteiger partial charge in [-0.15, -0.1) is 0 Å². The van der Waals surface area contributed by atoms with E-state index in [0.717, 1.165) is 18.2 Å². The van der Waals surface area contributed by atoms with Crippen LogP contribution in [0.1, 0.15) is 5.56 Å². The number of hydrogen-bond acceptors (Lipinski definition) is 5. The lowest BCUT2D eigenvalue weighted by Gasteiger charge is -2.26. The van der Waals surface area contributed by atoms with E-state index in [9.17, 15) is 26.4 Å². The van der Waals surface area contributed by atoms with Gasteiger partial charge in [0.05, 0.1) is 32.8 Å². The van der Waals surface area contributed by atoms with Crippen LogP contribution in [0.25, 0.3) is 0 Å². The molecule has 0 saturated heterocycles. The van der Waals surface area contributed by atoms with E-state index >= 15 is 0 Å². The Balaban J connectivity index is 2.02. The van der Waals surface area contributed by atoms with Gasteiger partial charge in [0.1, 0.15) is 18.9 Å². The van der Waals surface area contributed by atoms with E-state index in [2.05, 4.69) is 5.32 Å². The molecular formula is C24H20Cl3F3N2O5S. The fourth-order valence-corrected chi connectivity index (χ4v) is 5.34. The van der Waals surface area contributed by atoms with E-state index in [1.165, 1.54) is 49.6 Å². The van der Waals surface area contributed by atoms with Crippen LogP contribution in [0.2, 0.25) is 15.1 Å². The molecule has 0 bridgehead atoms. The zero-order chi connectivity index (χ0) is 28.1. The number of rotatable bonds is 10. The molecule has 0 aliphatic rings. The third-order valence-corrected chi connectivity index (χ3v) is 7.60. The number of nitrogens with one attached hydrogen (secondary N) is 1. The second-order valence-electron chi connectivity index (χ2n) is 7.67. The molecule has 7 nitrogen and oxygen atoms in total. The van der Waals surface area contributed by atoms with Crippen molar-refractivity contribution in [3.63, 3.8) is 0 Å². The largest absolute Gasteiger partial charge is 0.490 e. The summed E-state index contributed by atoms with van der Waals surface area (Å²) < 4.78 is 77.7. The van der Waals surface area contributed by atoms with Gasteiger partial charge in [-0.3, -0.25) is 9.10 Å². The van der Waals surface area contributed by atoms with Crippen molar-refractivity contribution in [2.24, 2.45) is 0 Å². The number of alkyl halides is 3. The molecule has 0 unspecified atom stereocenters. The first kappa shape index (κ1) is 29.9. The number of hydrogen-bond donors (Lipinski definition) is 1. The van der Waals surface area contributed by atoms with E-state index in [-0.39, 0.29) is 50.3 Å². The molecule has 0 saturated carbocycles. The Morgan fingerprint density at radius 2 is 1.66 bits per heavy atom. The first-order valence-corrected chi connectivity index (χ1v) is 13.3. The number of nitrogens with zero attached hydrogens (tertiary/aromatic N) is 1. The minimum absolute atomic E-state index is 0.0673. The lowest BCUT2D eigenvalue weighted by atomic mass is 10.2. The van der Waals surface area contributed by atoms with Gasteiger partial charge in [0, 0.05) is 23.9 Å². The molecule has 0 spiro atoms. The second-order valence-corrected chi connectivity index (χ2v) is 10.8. The topological polar surface area (TPSA) is 84.9 Å². The maximum Gasteiger partial charge on any atom is 0.416 e. The average Bonchev–Trinajstić information content (AvgIpc) is 2.84. The zero-order valence-corrected chi connectivity index (χ0v) is 22.6. The first-order valence-electron chi connectivity index (χ1n) is 10.7. The Bertz CT molecular complexity index is 1400. The lowest BCUT2D eigenvalue weighted by molar-refractivity contribution is -0.137. The first-order chi connectivity index (χ1) is 17.8. The van der Waals surface area contributed by atoms with Gasteiger partial charge in [0.15, 0.2) is 0 Å².